The summed E-state index contributed by atoms with van der Waals surface area (Å²) in [6.45, 7) is 3.72. The highest BCUT2D eigenvalue weighted by Gasteiger charge is 2.55. The summed E-state index contributed by atoms with van der Waals surface area (Å²) < 4.78 is 47.1. The number of esters is 2. The molecule has 4 N–H and O–H groups in total. The minimum absolute atomic E-state index is 0.0109. The van der Waals surface area contributed by atoms with Gasteiger partial charge in [-0.05, 0) is 60.7 Å². The second-order valence-corrected chi connectivity index (χ2v) is 17.0. The first-order valence-electron chi connectivity index (χ1n) is 18.5. The molecule has 0 radical (unpaired) electrons. The van der Waals surface area contributed by atoms with Gasteiger partial charge in [-0.2, -0.15) is 0 Å². The first-order valence-corrected chi connectivity index (χ1v) is 21.0. The summed E-state index contributed by atoms with van der Waals surface area (Å²) in [6.07, 6.45) is -4.06. The number of fused-ring (bicyclic) bond motifs is 4. The number of carbonyl (C=O) groups excluding carboxylic acids is 3. The molecule has 2 aromatic rings. The fraction of sp³-hybridized carbons (Fsp3) is 0.605. The van der Waals surface area contributed by atoms with Gasteiger partial charge in [0.05, 0.1) is 51.2 Å². The Bertz CT molecular complexity index is 1720. The Kier molecular flexibility index (Phi) is 12.7. The predicted molar refractivity (Wildman–Crippen MR) is 198 cm³/mol. The topological polar surface area (TPSA) is 198 Å². The van der Waals surface area contributed by atoms with Gasteiger partial charge in [-0.1, -0.05) is 21.6 Å². The maximum atomic E-state index is 13.7. The summed E-state index contributed by atoms with van der Waals surface area (Å²) in [5.41, 5.74) is 2.31. The Labute approximate surface area is 326 Å². The lowest BCUT2D eigenvalue weighted by atomic mass is 9.66. The standard InChI is InChI=1S/C38H47NO14S2/c1-18(41)39-6-8-55-54-7-4-5-30(42)53-35-21(14-40)9-20(10-29(35)46-3)31-23-12-26-27(50-17-49-26)13-24(23)37(25-16-48-38(45)32(25)31)52-28-11-22-15-47-19(2)51-36(22)34(44)33(28)43/h9-10,12-13,19,22,25,28,31-34,36-37,40,43-44H,4-8,11,14-17H2,1-3H3,(H,39,41)/t19?,22?,25-,28?,31+,32-,33?,34?,36?,37+/m0/s1. The zero-order valence-corrected chi connectivity index (χ0v) is 32.4. The van der Waals surface area contributed by atoms with E-state index in [9.17, 15) is 29.7 Å². The lowest BCUT2D eigenvalue weighted by Crippen LogP contribution is -2.59. The van der Waals surface area contributed by atoms with Crippen molar-refractivity contribution in [3.8, 4) is 23.0 Å². The molecule has 2 aromatic carbocycles. The van der Waals surface area contributed by atoms with E-state index in [1.807, 2.05) is 12.1 Å². The van der Waals surface area contributed by atoms with Crippen molar-refractivity contribution in [1.29, 1.82) is 0 Å². The van der Waals surface area contributed by atoms with Crippen LogP contribution in [0.15, 0.2) is 24.3 Å². The van der Waals surface area contributed by atoms with E-state index in [0.29, 0.717) is 65.5 Å². The van der Waals surface area contributed by atoms with Crippen molar-refractivity contribution >= 4 is 39.4 Å². The van der Waals surface area contributed by atoms with E-state index in [2.05, 4.69) is 5.32 Å². The van der Waals surface area contributed by atoms with E-state index < -0.39 is 73.1 Å². The van der Waals surface area contributed by atoms with Crippen LogP contribution in [0.3, 0.4) is 0 Å². The molecule has 2 saturated heterocycles. The van der Waals surface area contributed by atoms with Crippen LogP contribution in [-0.4, -0.2) is 109 Å². The van der Waals surface area contributed by atoms with Crippen molar-refractivity contribution in [2.45, 2.75) is 82.4 Å². The first-order chi connectivity index (χ1) is 26.6. The SMILES string of the molecule is COc1cc([C@@H]2c3cc4c(cc3[C@@H](OC3CC5COC(C)OC5C(O)C3O)[C@H]3COC(=O)[C@H]23)OCO4)cc(CO)c1OC(=O)CCCSSCCNC(C)=O. The van der Waals surface area contributed by atoms with Crippen molar-refractivity contribution in [3.63, 3.8) is 0 Å². The molecule has 1 saturated carbocycles. The molecule has 10 atom stereocenters. The third-order valence-corrected chi connectivity index (χ3v) is 13.3. The second kappa shape index (κ2) is 17.5. The molecule has 7 rings (SSSR count). The van der Waals surface area contributed by atoms with Gasteiger partial charge < -0.3 is 58.5 Å². The quantitative estimate of drug-likeness (QED) is 0.0940. The van der Waals surface area contributed by atoms with Crippen LogP contribution in [0, 0.1) is 17.8 Å². The van der Waals surface area contributed by atoms with E-state index in [0.717, 1.165) is 5.75 Å². The minimum Gasteiger partial charge on any atom is -0.493 e. The molecule has 3 heterocycles. The molecular formula is C38H47NO14S2. The number of rotatable bonds is 14. The normalized spacial score (nSPS) is 30.5. The lowest BCUT2D eigenvalue weighted by Gasteiger charge is -2.48. The molecule has 0 bridgehead atoms. The van der Waals surface area contributed by atoms with Crippen LogP contribution < -0.4 is 24.3 Å². The van der Waals surface area contributed by atoms with Gasteiger partial charge in [0.15, 0.2) is 29.3 Å². The molecule has 0 aromatic heterocycles. The van der Waals surface area contributed by atoms with E-state index in [4.69, 9.17) is 37.9 Å². The van der Waals surface area contributed by atoms with Gasteiger partial charge in [-0.15, -0.1) is 0 Å². The average Bonchev–Trinajstić information content (AvgIpc) is 3.80. The first kappa shape index (κ1) is 39.9. The number of amides is 1. The molecule has 17 heteroatoms. The summed E-state index contributed by atoms with van der Waals surface area (Å²) in [5, 5.41) is 35.7. The number of aliphatic hydroxyl groups excluding tert-OH is 3. The molecule has 3 fully saturated rings. The van der Waals surface area contributed by atoms with Gasteiger partial charge in [-0.3, -0.25) is 14.4 Å². The maximum absolute atomic E-state index is 13.7. The fourth-order valence-electron chi connectivity index (χ4n) is 8.22. The van der Waals surface area contributed by atoms with E-state index in [1.165, 1.54) is 14.0 Å². The molecule has 15 nitrogen and oxygen atoms in total. The second-order valence-electron chi connectivity index (χ2n) is 14.3. The largest absolute Gasteiger partial charge is 0.493 e. The maximum Gasteiger partial charge on any atom is 0.311 e. The number of methoxy groups -OCH3 is 1. The van der Waals surface area contributed by atoms with Crippen LogP contribution in [0.25, 0.3) is 0 Å². The van der Waals surface area contributed by atoms with Crippen molar-refractivity contribution in [1.82, 2.24) is 5.32 Å². The summed E-state index contributed by atoms with van der Waals surface area (Å²) in [6, 6.07) is 7.07. The van der Waals surface area contributed by atoms with E-state index >= 15 is 0 Å². The third-order valence-electron chi connectivity index (χ3n) is 10.8. The van der Waals surface area contributed by atoms with Crippen molar-refractivity contribution < 1.29 is 67.6 Å². The van der Waals surface area contributed by atoms with Crippen LogP contribution >= 0.6 is 21.6 Å². The number of ether oxygens (including phenoxy) is 8. The van der Waals surface area contributed by atoms with Crippen LogP contribution in [0.2, 0.25) is 0 Å². The van der Waals surface area contributed by atoms with Crippen LogP contribution in [0.5, 0.6) is 23.0 Å². The van der Waals surface area contributed by atoms with Gasteiger partial charge in [0.2, 0.25) is 12.7 Å². The van der Waals surface area contributed by atoms with Crippen molar-refractivity contribution in [3.05, 3.63) is 46.5 Å². The van der Waals surface area contributed by atoms with E-state index in [1.54, 1.807) is 40.6 Å². The average molecular weight is 806 g/mol. The Morgan fingerprint density at radius 3 is 2.51 bits per heavy atom. The van der Waals surface area contributed by atoms with Crippen LogP contribution in [0.4, 0.5) is 0 Å². The number of carbonyl (C=O) groups is 3. The highest BCUT2D eigenvalue weighted by atomic mass is 33.1. The van der Waals surface area contributed by atoms with E-state index in [-0.39, 0.29) is 43.1 Å². The predicted octanol–water partition coefficient (Wildman–Crippen LogP) is 2.98. The Balaban J connectivity index is 1.15. The van der Waals surface area contributed by atoms with Gasteiger partial charge in [0, 0.05) is 54.7 Å². The molecule has 300 valence electrons. The van der Waals surface area contributed by atoms with Crippen molar-refractivity contribution in [2.75, 3.05) is 45.2 Å². The zero-order valence-electron chi connectivity index (χ0n) is 30.8. The number of hydrogen-bond acceptors (Lipinski definition) is 16. The van der Waals surface area contributed by atoms with Crippen LogP contribution in [0.1, 0.15) is 67.4 Å². The number of aliphatic hydroxyl groups is 3. The molecule has 55 heavy (non-hydrogen) atoms. The number of cyclic esters (lactones) is 1. The van der Waals surface area contributed by atoms with Gasteiger partial charge in [0.25, 0.3) is 0 Å². The molecule has 0 spiro atoms. The fourth-order valence-corrected chi connectivity index (χ4v) is 10.2. The summed E-state index contributed by atoms with van der Waals surface area (Å²) in [7, 11) is 4.65. The molecule has 1 amide bonds. The van der Waals surface area contributed by atoms with Gasteiger partial charge in [0.1, 0.15) is 12.2 Å². The Morgan fingerprint density at radius 2 is 1.76 bits per heavy atom. The molecule has 5 aliphatic rings. The van der Waals surface area contributed by atoms with Crippen LogP contribution in [-0.2, 0) is 39.9 Å². The Morgan fingerprint density at radius 1 is 1.00 bits per heavy atom. The summed E-state index contributed by atoms with van der Waals surface area (Å²) >= 11 is 0. The smallest absolute Gasteiger partial charge is 0.311 e. The monoisotopic (exact) mass is 805 g/mol. The van der Waals surface area contributed by atoms with Gasteiger partial charge in [-0.25, -0.2) is 0 Å². The molecule has 3 aliphatic heterocycles. The highest BCUT2D eigenvalue weighted by Crippen LogP contribution is 2.57. The zero-order chi connectivity index (χ0) is 38.8. The minimum atomic E-state index is -1.26. The van der Waals surface area contributed by atoms with Crippen molar-refractivity contribution in [2.24, 2.45) is 17.8 Å². The molecular weight excluding hydrogens is 759 g/mol. The Hall–Kier alpha value is -3.29. The summed E-state index contributed by atoms with van der Waals surface area (Å²) in [4.78, 5) is 37.7. The summed E-state index contributed by atoms with van der Waals surface area (Å²) in [5.74, 6) is -0.352. The number of nitrogens with one attached hydrogen (secondary N) is 1. The third kappa shape index (κ3) is 8.40. The lowest BCUT2D eigenvalue weighted by molar-refractivity contribution is -0.289. The number of hydrogen-bond donors (Lipinski definition) is 4. The highest BCUT2D eigenvalue weighted by molar-refractivity contribution is 8.76. The molecule has 2 aliphatic carbocycles. The number of benzene rings is 2. The molecule has 6 unspecified atom stereocenters. The van der Waals surface area contributed by atoms with Gasteiger partial charge >= 0.3 is 11.9 Å².